The van der Waals surface area contributed by atoms with E-state index in [2.05, 4.69) is 0 Å². The highest BCUT2D eigenvalue weighted by atomic mass is 32.1. The molecule has 102 valence electrons. The molecule has 1 aromatic rings. The van der Waals surface area contributed by atoms with Gasteiger partial charge >= 0.3 is 17.8 Å². The minimum atomic E-state index is -0.977. The van der Waals surface area contributed by atoms with Gasteiger partial charge in [0, 0.05) is 24.5 Å². The minimum absolute atomic E-state index is 0.237. The summed E-state index contributed by atoms with van der Waals surface area (Å²) < 4.78 is 0. The Morgan fingerprint density at radius 1 is 1.26 bits per heavy atom. The topological polar surface area (TPSA) is 77.9 Å². The first kappa shape index (κ1) is 13.5. The SMILES string of the molecule is CCN1CCN(Cc2ccc(C(=O)O)s2)C(=O)C1=O. The van der Waals surface area contributed by atoms with Gasteiger partial charge in [0.1, 0.15) is 4.88 Å². The van der Waals surface area contributed by atoms with Crippen LogP contribution in [0.5, 0.6) is 0 Å². The number of nitrogens with zero attached hydrogens (tertiary/aromatic N) is 2. The number of likely N-dealkylation sites (N-methyl/N-ethyl adjacent to an activating group) is 1. The van der Waals surface area contributed by atoms with Gasteiger partial charge in [0.25, 0.3) is 0 Å². The quantitative estimate of drug-likeness (QED) is 0.822. The number of hydrogen-bond donors (Lipinski definition) is 1. The molecule has 0 atom stereocenters. The summed E-state index contributed by atoms with van der Waals surface area (Å²) in [6.45, 7) is 3.66. The Balaban J connectivity index is 2.05. The molecule has 2 rings (SSSR count). The van der Waals surface area contributed by atoms with Crippen LogP contribution in [-0.2, 0) is 16.1 Å². The predicted molar refractivity (Wildman–Crippen MR) is 68.9 cm³/mol. The first-order valence-electron chi connectivity index (χ1n) is 5.93. The highest BCUT2D eigenvalue weighted by Gasteiger charge is 2.31. The lowest BCUT2D eigenvalue weighted by molar-refractivity contribution is -0.156. The molecule has 0 spiro atoms. The van der Waals surface area contributed by atoms with Crippen LogP contribution in [0.25, 0.3) is 0 Å². The molecular weight excluding hydrogens is 268 g/mol. The molecule has 0 saturated carbocycles. The maximum absolute atomic E-state index is 11.9. The van der Waals surface area contributed by atoms with Gasteiger partial charge in [-0.3, -0.25) is 9.59 Å². The first-order valence-corrected chi connectivity index (χ1v) is 6.74. The molecule has 0 aromatic carbocycles. The van der Waals surface area contributed by atoms with Gasteiger partial charge in [0.2, 0.25) is 0 Å². The molecule has 0 unspecified atom stereocenters. The number of carboxylic acid groups (broad SMARTS) is 1. The Morgan fingerprint density at radius 3 is 2.47 bits per heavy atom. The van der Waals surface area contributed by atoms with E-state index < -0.39 is 17.8 Å². The molecule has 2 heterocycles. The fraction of sp³-hybridized carbons (Fsp3) is 0.417. The average Bonchev–Trinajstić information content (AvgIpc) is 2.84. The van der Waals surface area contributed by atoms with Crippen LogP contribution in [-0.4, -0.2) is 52.3 Å². The van der Waals surface area contributed by atoms with E-state index in [0.717, 1.165) is 16.2 Å². The first-order chi connectivity index (χ1) is 9.02. The van der Waals surface area contributed by atoms with Crippen molar-refractivity contribution < 1.29 is 19.5 Å². The van der Waals surface area contributed by atoms with Crippen molar-refractivity contribution in [1.29, 1.82) is 0 Å². The average molecular weight is 282 g/mol. The summed E-state index contributed by atoms with van der Waals surface area (Å²) in [4.78, 5) is 38.3. The van der Waals surface area contributed by atoms with Crippen LogP contribution >= 0.6 is 11.3 Å². The summed E-state index contributed by atoms with van der Waals surface area (Å²) in [5.41, 5.74) is 0. The number of aromatic carboxylic acids is 1. The van der Waals surface area contributed by atoms with Crippen LogP contribution in [0.3, 0.4) is 0 Å². The lowest BCUT2D eigenvalue weighted by atomic mass is 10.2. The second-order valence-corrected chi connectivity index (χ2v) is 5.35. The highest BCUT2D eigenvalue weighted by Crippen LogP contribution is 2.19. The zero-order chi connectivity index (χ0) is 14.0. The van der Waals surface area contributed by atoms with Crippen molar-refractivity contribution in [3.05, 3.63) is 21.9 Å². The Bertz CT molecular complexity index is 526. The van der Waals surface area contributed by atoms with Crippen LogP contribution in [0.2, 0.25) is 0 Å². The van der Waals surface area contributed by atoms with Crippen LogP contribution in [0.4, 0.5) is 0 Å². The molecule has 0 radical (unpaired) electrons. The number of rotatable bonds is 4. The number of piperazine rings is 1. The minimum Gasteiger partial charge on any atom is -0.477 e. The van der Waals surface area contributed by atoms with Crippen molar-refractivity contribution in [3.63, 3.8) is 0 Å². The van der Waals surface area contributed by atoms with E-state index in [1.54, 1.807) is 6.07 Å². The van der Waals surface area contributed by atoms with Gasteiger partial charge in [-0.2, -0.15) is 0 Å². The summed E-state index contributed by atoms with van der Waals surface area (Å²) in [7, 11) is 0. The van der Waals surface area contributed by atoms with Crippen LogP contribution in [0.15, 0.2) is 12.1 Å². The van der Waals surface area contributed by atoms with Gasteiger partial charge in [-0.25, -0.2) is 4.79 Å². The summed E-state index contributed by atoms with van der Waals surface area (Å²) in [5.74, 6) is -1.98. The van der Waals surface area contributed by atoms with E-state index in [9.17, 15) is 14.4 Å². The zero-order valence-electron chi connectivity index (χ0n) is 10.5. The van der Waals surface area contributed by atoms with Crippen molar-refractivity contribution >= 4 is 29.1 Å². The van der Waals surface area contributed by atoms with Gasteiger partial charge < -0.3 is 14.9 Å². The lowest BCUT2D eigenvalue weighted by Crippen LogP contribution is -2.53. The molecule has 6 nitrogen and oxygen atoms in total. The Kier molecular flexibility index (Phi) is 3.84. The number of amides is 2. The predicted octanol–water partition coefficient (Wildman–Crippen LogP) is 0.637. The van der Waals surface area contributed by atoms with Gasteiger partial charge in [-0.1, -0.05) is 0 Å². The number of hydrogen-bond acceptors (Lipinski definition) is 4. The number of carbonyl (C=O) groups is 3. The summed E-state index contributed by atoms with van der Waals surface area (Å²) in [6.07, 6.45) is 0. The molecule has 0 bridgehead atoms. The number of carboxylic acids is 1. The molecular formula is C12H14N2O4S. The van der Waals surface area contributed by atoms with Gasteiger partial charge in [-0.05, 0) is 19.1 Å². The molecule has 1 fully saturated rings. The monoisotopic (exact) mass is 282 g/mol. The van der Waals surface area contributed by atoms with Crippen LogP contribution in [0.1, 0.15) is 21.5 Å². The molecule has 19 heavy (non-hydrogen) atoms. The van der Waals surface area contributed by atoms with Crippen molar-refractivity contribution in [3.8, 4) is 0 Å². The second-order valence-electron chi connectivity index (χ2n) is 4.18. The summed E-state index contributed by atoms with van der Waals surface area (Å²) >= 11 is 1.13. The van der Waals surface area contributed by atoms with E-state index in [1.807, 2.05) is 6.92 Å². The van der Waals surface area contributed by atoms with Crippen molar-refractivity contribution in [2.24, 2.45) is 0 Å². The van der Waals surface area contributed by atoms with Crippen LogP contribution in [0, 0.1) is 0 Å². The fourth-order valence-electron chi connectivity index (χ4n) is 1.93. The van der Waals surface area contributed by atoms with Gasteiger partial charge in [0.15, 0.2) is 0 Å². The molecule has 1 N–H and O–H groups in total. The third kappa shape index (κ3) is 2.76. The molecule has 1 aromatic heterocycles. The Hall–Kier alpha value is -1.89. The Morgan fingerprint density at radius 2 is 1.89 bits per heavy atom. The van der Waals surface area contributed by atoms with E-state index in [0.29, 0.717) is 26.2 Å². The maximum atomic E-state index is 11.9. The van der Waals surface area contributed by atoms with Crippen molar-refractivity contribution in [2.75, 3.05) is 19.6 Å². The highest BCUT2D eigenvalue weighted by molar-refractivity contribution is 7.13. The third-order valence-electron chi connectivity index (χ3n) is 3.00. The molecule has 2 amide bonds. The molecule has 1 aliphatic heterocycles. The van der Waals surface area contributed by atoms with E-state index in [1.165, 1.54) is 15.9 Å². The molecule has 1 aliphatic rings. The van der Waals surface area contributed by atoms with Crippen molar-refractivity contribution in [2.45, 2.75) is 13.5 Å². The van der Waals surface area contributed by atoms with E-state index >= 15 is 0 Å². The van der Waals surface area contributed by atoms with Gasteiger partial charge in [-0.15, -0.1) is 11.3 Å². The van der Waals surface area contributed by atoms with Gasteiger partial charge in [0.05, 0.1) is 6.54 Å². The summed E-state index contributed by atoms with van der Waals surface area (Å²) in [5, 5.41) is 8.83. The van der Waals surface area contributed by atoms with Crippen molar-refractivity contribution in [1.82, 2.24) is 9.80 Å². The largest absolute Gasteiger partial charge is 0.477 e. The smallest absolute Gasteiger partial charge is 0.345 e. The lowest BCUT2D eigenvalue weighted by Gasteiger charge is -2.32. The van der Waals surface area contributed by atoms with Crippen LogP contribution < -0.4 is 0 Å². The Labute approximate surface area is 114 Å². The number of thiophene rings is 1. The third-order valence-corrected chi connectivity index (χ3v) is 4.06. The maximum Gasteiger partial charge on any atom is 0.345 e. The second kappa shape index (κ2) is 5.40. The van der Waals surface area contributed by atoms with E-state index in [4.69, 9.17) is 5.11 Å². The van der Waals surface area contributed by atoms with E-state index in [-0.39, 0.29) is 4.88 Å². The molecule has 1 saturated heterocycles. The molecule has 7 heteroatoms. The fourth-order valence-corrected chi connectivity index (χ4v) is 2.80. The zero-order valence-corrected chi connectivity index (χ0v) is 11.3. The molecule has 0 aliphatic carbocycles. The normalized spacial score (nSPS) is 16.1. The summed E-state index contributed by atoms with van der Waals surface area (Å²) in [6, 6.07) is 3.19. The number of carbonyl (C=O) groups excluding carboxylic acids is 2. The standard InChI is InChI=1S/C12H14N2O4S/c1-2-13-5-6-14(11(16)10(13)15)7-8-3-4-9(19-8)12(17)18/h3-4H,2,5-7H2,1H3,(H,17,18).